The number of quaternary nitrogens is 2. The first-order chi connectivity index (χ1) is 11.7. The van der Waals surface area contributed by atoms with Crippen molar-refractivity contribution in [3.8, 4) is 0 Å². The molecule has 1 saturated heterocycles. The van der Waals surface area contributed by atoms with Crippen molar-refractivity contribution >= 4 is 22.0 Å². The van der Waals surface area contributed by atoms with Crippen molar-refractivity contribution in [1.29, 1.82) is 0 Å². The van der Waals surface area contributed by atoms with E-state index in [9.17, 15) is 4.79 Å². The zero-order chi connectivity index (χ0) is 16.5. The topological polar surface area (TPSA) is 56.9 Å². The Balaban J connectivity index is 1.55. The Hall–Kier alpha value is -2.18. The van der Waals surface area contributed by atoms with E-state index < -0.39 is 0 Å². The summed E-state index contributed by atoms with van der Waals surface area (Å²) < 4.78 is 7.47. The molecule has 0 atom stereocenters. The quantitative estimate of drug-likeness (QED) is 0.601. The van der Waals surface area contributed by atoms with Crippen molar-refractivity contribution in [2.24, 2.45) is 0 Å². The average molecular weight is 328 g/mol. The molecule has 1 aliphatic heterocycles. The summed E-state index contributed by atoms with van der Waals surface area (Å²) in [6.07, 6.45) is 2.87. The van der Waals surface area contributed by atoms with Gasteiger partial charge in [0.25, 0.3) is 0 Å². The Morgan fingerprint density at radius 1 is 1.21 bits per heavy atom. The molecule has 6 nitrogen and oxygen atoms in total. The molecule has 3 heterocycles. The molecule has 0 spiro atoms. The molecule has 0 saturated carbocycles. The Morgan fingerprint density at radius 3 is 2.83 bits per heavy atom. The molecule has 0 bridgehead atoms. The molecular formula is C18H24N4O2+2. The monoisotopic (exact) mass is 328 g/mol. The van der Waals surface area contributed by atoms with Crippen LogP contribution in [0.1, 0.15) is 6.42 Å². The van der Waals surface area contributed by atoms with E-state index in [0.29, 0.717) is 11.1 Å². The molecule has 0 amide bonds. The Morgan fingerprint density at radius 2 is 2.00 bits per heavy atom. The van der Waals surface area contributed by atoms with Crippen LogP contribution < -0.4 is 15.4 Å². The fraction of sp³-hybridized carbons (Fsp3) is 0.444. The minimum absolute atomic E-state index is 0.352. The number of piperazine rings is 1. The van der Waals surface area contributed by atoms with Crippen LogP contribution in [0.5, 0.6) is 0 Å². The lowest BCUT2D eigenvalue weighted by molar-refractivity contribution is -1.00. The van der Waals surface area contributed by atoms with E-state index in [1.165, 1.54) is 32.7 Å². The highest BCUT2D eigenvalue weighted by Crippen LogP contribution is 2.21. The Labute approximate surface area is 140 Å². The highest BCUT2D eigenvalue weighted by atomic mass is 16.4. The lowest BCUT2D eigenvalue weighted by atomic mass is 10.2. The standard InChI is InChI=1S/C18H22N4O2/c1-20-9-11-21(12-10-20)7-4-8-22-13-19-16-17(22)14-5-2-3-6-15(14)24-18(16)23/h2-3,5-6,13H,4,7-12H2,1H3/p+2. The summed E-state index contributed by atoms with van der Waals surface area (Å²) in [6.45, 7) is 7.08. The zero-order valence-corrected chi connectivity index (χ0v) is 14.0. The minimum atomic E-state index is -0.352. The van der Waals surface area contributed by atoms with Gasteiger partial charge in [-0.25, -0.2) is 9.78 Å². The van der Waals surface area contributed by atoms with Crippen molar-refractivity contribution in [3.05, 3.63) is 41.0 Å². The van der Waals surface area contributed by atoms with Gasteiger partial charge in [0, 0.05) is 18.4 Å². The fourth-order valence-corrected chi connectivity index (χ4v) is 3.66. The second kappa shape index (κ2) is 6.37. The molecule has 126 valence electrons. The predicted molar refractivity (Wildman–Crippen MR) is 92.6 cm³/mol. The van der Waals surface area contributed by atoms with Gasteiger partial charge < -0.3 is 18.8 Å². The van der Waals surface area contributed by atoms with Crippen LogP contribution >= 0.6 is 0 Å². The summed E-state index contributed by atoms with van der Waals surface area (Å²) in [6, 6.07) is 7.68. The van der Waals surface area contributed by atoms with Crippen LogP contribution in [0.15, 0.2) is 39.8 Å². The molecule has 1 aromatic carbocycles. The fourth-order valence-electron chi connectivity index (χ4n) is 3.66. The number of nitrogens with zero attached hydrogens (tertiary/aromatic N) is 2. The van der Waals surface area contributed by atoms with E-state index in [2.05, 4.69) is 16.6 Å². The van der Waals surface area contributed by atoms with Crippen LogP contribution in [0.3, 0.4) is 0 Å². The van der Waals surface area contributed by atoms with Gasteiger partial charge >= 0.3 is 5.63 Å². The van der Waals surface area contributed by atoms with Crippen LogP contribution in [0, 0.1) is 0 Å². The van der Waals surface area contributed by atoms with Gasteiger partial charge in [-0.05, 0) is 12.1 Å². The van der Waals surface area contributed by atoms with Crippen LogP contribution in [0.4, 0.5) is 0 Å². The molecule has 3 aromatic rings. The van der Waals surface area contributed by atoms with Crippen LogP contribution in [0.2, 0.25) is 0 Å². The molecule has 0 unspecified atom stereocenters. The van der Waals surface area contributed by atoms with Crippen LogP contribution in [-0.4, -0.2) is 49.3 Å². The van der Waals surface area contributed by atoms with Gasteiger partial charge in [0.15, 0.2) is 5.52 Å². The smallest absolute Gasteiger partial charge is 0.364 e. The lowest BCUT2D eigenvalue weighted by Gasteiger charge is -2.27. The number of hydrogen-bond acceptors (Lipinski definition) is 3. The first-order valence-corrected chi connectivity index (χ1v) is 8.74. The van der Waals surface area contributed by atoms with Crippen molar-refractivity contribution in [2.75, 3.05) is 39.8 Å². The van der Waals surface area contributed by atoms with Crippen LogP contribution in [0.25, 0.3) is 22.0 Å². The molecule has 6 heteroatoms. The molecule has 4 rings (SSSR count). The van der Waals surface area contributed by atoms with Gasteiger partial charge in [-0.15, -0.1) is 0 Å². The van der Waals surface area contributed by atoms with Gasteiger partial charge in [0.2, 0.25) is 0 Å². The van der Waals surface area contributed by atoms with Gasteiger partial charge in [-0.1, -0.05) is 12.1 Å². The summed E-state index contributed by atoms with van der Waals surface area (Å²) in [4.78, 5) is 19.7. The number of nitrogens with one attached hydrogen (secondary N) is 2. The molecular weight excluding hydrogens is 304 g/mol. The second-order valence-corrected chi connectivity index (χ2v) is 6.83. The number of para-hydroxylation sites is 1. The normalized spacial score (nSPS) is 21.5. The summed E-state index contributed by atoms with van der Waals surface area (Å²) in [7, 11) is 2.27. The van der Waals surface area contributed by atoms with Gasteiger partial charge in [0.05, 0.1) is 25.4 Å². The third kappa shape index (κ3) is 2.83. The first kappa shape index (κ1) is 15.4. The Kier molecular flexibility index (Phi) is 4.08. The number of rotatable bonds is 4. The van der Waals surface area contributed by atoms with E-state index in [0.717, 1.165) is 23.9 Å². The number of fused-ring (bicyclic) bond motifs is 3. The largest absolute Gasteiger partial charge is 0.421 e. The molecule has 2 N–H and O–H groups in total. The maximum Gasteiger partial charge on any atom is 0.364 e. The Bertz CT molecular complexity index is 906. The number of aryl methyl sites for hydroxylation is 1. The molecule has 2 aromatic heterocycles. The molecule has 0 radical (unpaired) electrons. The highest BCUT2D eigenvalue weighted by Gasteiger charge is 2.19. The van der Waals surface area contributed by atoms with E-state index >= 15 is 0 Å². The van der Waals surface area contributed by atoms with E-state index in [4.69, 9.17) is 4.42 Å². The third-order valence-corrected chi connectivity index (χ3v) is 5.12. The highest BCUT2D eigenvalue weighted by molar-refractivity contribution is 6.00. The van der Waals surface area contributed by atoms with Gasteiger partial charge in [0.1, 0.15) is 31.8 Å². The minimum Gasteiger partial charge on any atom is -0.421 e. The number of likely N-dealkylation sites (N-methyl/N-ethyl adjacent to an activating group) is 1. The summed E-state index contributed by atoms with van der Waals surface area (Å²) in [5.74, 6) is 0. The SMILES string of the molecule is C[NH+]1CC[NH+](CCCn2cnc3c(=O)oc4ccccc4c32)CC1. The third-order valence-electron chi connectivity index (χ3n) is 5.12. The van der Waals surface area contributed by atoms with Crippen LogP contribution in [-0.2, 0) is 6.54 Å². The van der Waals surface area contributed by atoms with Crippen molar-refractivity contribution in [2.45, 2.75) is 13.0 Å². The van der Waals surface area contributed by atoms with Crippen molar-refractivity contribution in [1.82, 2.24) is 9.55 Å². The molecule has 1 fully saturated rings. The number of benzene rings is 1. The summed E-state index contributed by atoms with van der Waals surface area (Å²) >= 11 is 0. The van der Waals surface area contributed by atoms with Crippen molar-refractivity contribution < 1.29 is 14.2 Å². The van der Waals surface area contributed by atoms with E-state index in [1.807, 2.05) is 24.3 Å². The number of aromatic nitrogens is 2. The van der Waals surface area contributed by atoms with E-state index in [-0.39, 0.29) is 5.63 Å². The maximum absolute atomic E-state index is 12.1. The second-order valence-electron chi connectivity index (χ2n) is 6.83. The number of hydrogen-bond donors (Lipinski definition) is 2. The lowest BCUT2D eigenvalue weighted by Crippen LogP contribution is -3.27. The van der Waals surface area contributed by atoms with Gasteiger partial charge in [-0.3, -0.25) is 0 Å². The summed E-state index contributed by atoms with van der Waals surface area (Å²) in [5, 5.41) is 0.958. The van der Waals surface area contributed by atoms with E-state index in [1.54, 1.807) is 16.1 Å². The molecule has 1 aliphatic rings. The molecule has 24 heavy (non-hydrogen) atoms. The number of imidazole rings is 1. The molecule has 0 aliphatic carbocycles. The van der Waals surface area contributed by atoms with Gasteiger partial charge in [-0.2, -0.15) is 0 Å². The average Bonchev–Trinajstić information content (AvgIpc) is 3.02. The van der Waals surface area contributed by atoms with Crippen molar-refractivity contribution in [3.63, 3.8) is 0 Å². The maximum atomic E-state index is 12.1. The predicted octanol–water partition coefficient (Wildman–Crippen LogP) is -1.05. The zero-order valence-electron chi connectivity index (χ0n) is 14.0. The first-order valence-electron chi connectivity index (χ1n) is 8.74. The summed E-state index contributed by atoms with van der Waals surface area (Å²) in [5.41, 5.74) is 1.61.